The number of carboxylic acid groups (broad SMARTS) is 1. The van der Waals surface area contributed by atoms with Crippen LogP contribution in [-0.4, -0.2) is 31.9 Å². The first-order valence-electron chi connectivity index (χ1n) is 5.04. The average molecular weight is 293 g/mol. The molecule has 0 aromatic heterocycles. The van der Waals surface area contributed by atoms with Gasteiger partial charge in [-0.05, 0) is 25.1 Å². The molecule has 1 aromatic rings. The van der Waals surface area contributed by atoms with Crippen LogP contribution in [0.4, 0.5) is 0 Å². The smallest absolute Gasteiger partial charge is 0.321 e. The van der Waals surface area contributed by atoms with Gasteiger partial charge in [-0.1, -0.05) is 11.6 Å². The quantitative estimate of drug-likeness (QED) is 0.894. The minimum absolute atomic E-state index is 0.345. The fraction of sp³-hybridized carbons (Fsp3) is 0.364. The minimum atomic E-state index is -3.80. The summed E-state index contributed by atoms with van der Waals surface area (Å²) < 4.78 is 28.7. The second-order valence-corrected chi connectivity index (χ2v) is 6.50. The summed E-state index contributed by atoms with van der Waals surface area (Å²) in [6.45, 7) is 1.13. The van der Waals surface area contributed by atoms with Crippen LogP contribution in [0, 0.1) is 0 Å². The molecule has 0 saturated heterocycles. The van der Waals surface area contributed by atoms with Crippen molar-refractivity contribution >= 4 is 27.4 Å². The van der Waals surface area contributed by atoms with E-state index >= 15 is 0 Å². The molecule has 0 saturated carbocycles. The fourth-order valence-corrected chi connectivity index (χ4v) is 2.77. The Balaban J connectivity index is 3.11. The summed E-state index contributed by atoms with van der Waals surface area (Å²) in [5, 5.41) is 7.63. The Labute approximate surface area is 110 Å². The first kappa shape index (κ1) is 14.8. The van der Waals surface area contributed by atoms with Crippen LogP contribution in [0.2, 0.25) is 5.02 Å². The Kier molecular flexibility index (Phi) is 4.59. The number of hydrogen-bond acceptors (Lipinski definition) is 4. The number of benzene rings is 1. The van der Waals surface area contributed by atoms with E-state index in [4.69, 9.17) is 21.4 Å². The Bertz CT molecular complexity index is 553. The van der Waals surface area contributed by atoms with E-state index in [0.29, 0.717) is 16.3 Å². The Morgan fingerprint density at radius 2 is 2.11 bits per heavy atom. The van der Waals surface area contributed by atoms with E-state index in [1.807, 2.05) is 0 Å². The van der Waals surface area contributed by atoms with Crippen LogP contribution in [0.1, 0.15) is 12.5 Å². The number of carboxylic acids is 1. The maximum Gasteiger partial charge on any atom is 0.321 e. The third-order valence-electron chi connectivity index (χ3n) is 2.49. The SMILES string of the molecule is COc1ccc(Cl)cc1CS(=O)(=O)C(C)C(=O)O. The maximum absolute atomic E-state index is 11.8. The van der Waals surface area contributed by atoms with Crippen molar-refractivity contribution in [1.29, 1.82) is 0 Å². The molecule has 0 aliphatic rings. The molecule has 18 heavy (non-hydrogen) atoms. The molecule has 7 heteroatoms. The molecule has 1 aromatic carbocycles. The standard InChI is InChI=1S/C11H13ClO5S/c1-7(11(13)14)18(15,16)6-8-5-9(12)3-4-10(8)17-2/h3-5,7H,6H2,1-2H3,(H,13,14). The second kappa shape index (κ2) is 5.58. The normalized spacial score (nSPS) is 13.1. The molecule has 0 heterocycles. The number of rotatable bonds is 5. The Morgan fingerprint density at radius 3 is 2.61 bits per heavy atom. The number of aliphatic carboxylic acids is 1. The van der Waals surface area contributed by atoms with E-state index in [1.165, 1.54) is 13.2 Å². The van der Waals surface area contributed by atoms with Gasteiger partial charge >= 0.3 is 5.97 Å². The van der Waals surface area contributed by atoms with Crippen molar-refractivity contribution in [3.8, 4) is 5.75 Å². The molecule has 0 aliphatic heterocycles. The van der Waals surface area contributed by atoms with Gasteiger partial charge in [0, 0.05) is 10.6 Å². The fourth-order valence-electron chi connectivity index (χ4n) is 1.36. The zero-order chi connectivity index (χ0) is 13.9. The number of sulfone groups is 1. The molecule has 0 bridgehead atoms. The van der Waals surface area contributed by atoms with Gasteiger partial charge in [0.2, 0.25) is 0 Å². The highest BCUT2D eigenvalue weighted by Gasteiger charge is 2.28. The number of methoxy groups -OCH3 is 1. The summed E-state index contributed by atoms with van der Waals surface area (Å²) in [5.74, 6) is -1.44. The second-order valence-electron chi connectivity index (χ2n) is 3.74. The highest BCUT2D eigenvalue weighted by atomic mass is 35.5. The van der Waals surface area contributed by atoms with Crippen molar-refractivity contribution in [2.75, 3.05) is 7.11 Å². The lowest BCUT2D eigenvalue weighted by Gasteiger charge is -2.12. The largest absolute Gasteiger partial charge is 0.496 e. The summed E-state index contributed by atoms with van der Waals surface area (Å²) in [7, 11) is -2.40. The maximum atomic E-state index is 11.8. The molecular weight excluding hydrogens is 280 g/mol. The van der Waals surface area contributed by atoms with E-state index in [0.717, 1.165) is 6.92 Å². The number of halogens is 1. The zero-order valence-electron chi connectivity index (χ0n) is 9.88. The van der Waals surface area contributed by atoms with Gasteiger partial charge in [-0.25, -0.2) is 8.42 Å². The van der Waals surface area contributed by atoms with Gasteiger partial charge in [0.25, 0.3) is 0 Å². The first-order chi connectivity index (χ1) is 8.27. The lowest BCUT2D eigenvalue weighted by atomic mass is 10.2. The first-order valence-corrected chi connectivity index (χ1v) is 7.14. The molecule has 1 rings (SSSR count). The van der Waals surface area contributed by atoms with Crippen molar-refractivity contribution in [2.45, 2.75) is 17.9 Å². The van der Waals surface area contributed by atoms with Gasteiger partial charge in [0.15, 0.2) is 15.1 Å². The van der Waals surface area contributed by atoms with E-state index in [9.17, 15) is 13.2 Å². The number of hydrogen-bond donors (Lipinski definition) is 1. The minimum Gasteiger partial charge on any atom is -0.496 e. The van der Waals surface area contributed by atoms with Gasteiger partial charge in [-0.2, -0.15) is 0 Å². The van der Waals surface area contributed by atoms with Gasteiger partial charge < -0.3 is 9.84 Å². The summed E-state index contributed by atoms with van der Waals surface area (Å²) >= 11 is 5.78. The zero-order valence-corrected chi connectivity index (χ0v) is 11.5. The molecule has 0 fully saturated rings. The van der Waals surface area contributed by atoms with Crippen molar-refractivity contribution in [1.82, 2.24) is 0 Å². The van der Waals surface area contributed by atoms with Crippen LogP contribution < -0.4 is 4.74 Å². The van der Waals surface area contributed by atoms with Crippen LogP contribution in [0.25, 0.3) is 0 Å². The average Bonchev–Trinajstić information content (AvgIpc) is 2.27. The summed E-state index contributed by atoms with van der Waals surface area (Å²) in [5.41, 5.74) is 0.345. The summed E-state index contributed by atoms with van der Waals surface area (Å²) in [6.07, 6.45) is 0. The Morgan fingerprint density at radius 1 is 1.50 bits per heavy atom. The number of ether oxygens (including phenoxy) is 1. The van der Waals surface area contributed by atoms with E-state index in [1.54, 1.807) is 12.1 Å². The molecule has 0 spiro atoms. The monoisotopic (exact) mass is 292 g/mol. The molecule has 0 radical (unpaired) electrons. The van der Waals surface area contributed by atoms with Gasteiger partial charge in [-0.3, -0.25) is 4.79 Å². The molecule has 5 nitrogen and oxygen atoms in total. The van der Waals surface area contributed by atoms with Crippen molar-refractivity contribution in [3.05, 3.63) is 28.8 Å². The molecule has 0 aliphatic carbocycles. The number of carbonyl (C=O) groups is 1. The lowest BCUT2D eigenvalue weighted by Crippen LogP contribution is -2.28. The lowest BCUT2D eigenvalue weighted by molar-refractivity contribution is -0.136. The van der Waals surface area contributed by atoms with Crippen molar-refractivity contribution in [2.24, 2.45) is 0 Å². The third-order valence-corrected chi connectivity index (χ3v) is 4.71. The topological polar surface area (TPSA) is 80.7 Å². The van der Waals surface area contributed by atoms with E-state index < -0.39 is 26.8 Å². The van der Waals surface area contributed by atoms with Crippen LogP contribution in [-0.2, 0) is 20.4 Å². The molecule has 1 N–H and O–H groups in total. The van der Waals surface area contributed by atoms with Gasteiger partial charge in [0.1, 0.15) is 5.75 Å². The molecular formula is C11H13ClO5S. The highest BCUT2D eigenvalue weighted by molar-refractivity contribution is 7.92. The molecule has 1 atom stereocenters. The summed E-state index contributed by atoms with van der Waals surface area (Å²) in [6, 6.07) is 4.56. The van der Waals surface area contributed by atoms with Gasteiger partial charge in [-0.15, -0.1) is 0 Å². The van der Waals surface area contributed by atoms with Crippen molar-refractivity contribution in [3.63, 3.8) is 0 Å². The highest BCUT2D eigenvalue weighted by Crippen LogP contribution is 2.25. The Hall–Kier alpha value is -1.27. The van der Waals surface area contributed by atoms with E-state index in [2.05, 4.69) is 0 Å². The van der Waals surface area contributed by atoms with E-state index in [-0.39, 0.29) is 0 Å². The molecule has 100 valence electrons. The van der Waals surface area contributed by atoms with Gasteiger partial charge in [0.05, 0.1) is 12.9 Å². The summed E-state index contributed by atoms with van der Waals surface area (Å²) in [4.78, 5) is 10.7. The van der Waals surface area contributed by atoms with Crippen LogP contribution in [0.3, 0.4) is 0 Å². The van der Waals surface area contributed by atoms with Crippen LogP contribution in [0.15, 0.2) is 18.2 Å². The van der Waals surface area contributed by atoms with Crippen LogP contribution in [0.5, 0.6) is 5.75 Å². The predicted octanol–water partition coefficient (Wildman–Crippen LogP) is 1.74. The molecule has 1 unspecified atom stereocenters. The third kappa shape index (κ3) is 3.36. The van der Waals surface area contributed by atoms with Crippen LogP contribution >= 0.6 is 11.6 Å². The predicted molar refractivity (Wildman–Crippen MR) is 67.7 cm³/mol. The van der Waals surface area contributed by atoms with Crippen molar-refractivity contribution < 1.29 is 23.1 Å². The molecule has 0 amide bonds.